The highest BCUT2D eigenvalue weighted by atomic mass is 79.9. The number of halogens is 3. The van der Waals surface area contributed by atoms with Crippen LogP contribution in [-0.4, -0.2) is 33.5 Å². The predicted octanol–water partition coefficient (Wildman–Crippen LogP) is 3.80. The third kappa shape index (κ3) is 2.99. The van der Waals surface area contributed by atoms with Crippen LogP contribution >= 0.6 is 27.3 Å². The molecule has 9 heteroatoms. The van der Waals surface area contributed by atoms with Crippen LogP contribution in [0, 0.1) is 11.6 Å². The molecule has 0 aliphatic carbocycles. The summed E-state index contributed by atoms with van der Waals surface area (Å²) >= 11 is 4.44. The molecule has 1 atom stereocenters. The zero-order valence-corrected chi connectivity index (χ0v) is 15.0. The van der Waals surface area contributed by atoms with Gasteiger partial charge >= 0.3 is 0 Å². The van der Waals surface area contributed by atoms with Crippen molar-refractivity contribution in [3.05, 3.63) is 62.3 Å². The maximum absolute atomic E-state index is 14.4. The van der Waals surface area contributed by atoms with Gasteiger partial charge in [-0.1, -0.05) is 12.7 Å². The first kappa shape index (κ1) is 17.7. The second-order valence-electron chi connectivity index (χ2n) is 5.24. The molecule has 5 nitrogen and oxygen atoms in total. The zero-order valence-electron chi connectivity index (χ0n) is 12.6. The molecule has 1 unspecified atom stereocenters. The molecule has 130 valence electrons. The monoisotopic (exact) mass is 428 g/mol. The van der Waals surface area contributed by atoms with Crippen LogP contribution < -0.4 is 0 Å². The lowest BCUT2D eigenvalue weighted by molar-refractivity contribution is -0.168. The van der Waals surface area contributed by atoms with Crippen molar-refractivity contribution < 1.29 is 23.6 Å². The highest BCUT2D eigenvalue weighted by Gasteiger charge is 2.43. The van der Waals surface area contributed by atoms with Gasteiger partial charge < -0.3 is 4.90 Å². The minimum absolute atomic E-state index is 0.0356. The molecule has 2 amide bonds. The summed E-state index contributed by atoms with van der Waals surface area (Å²) in [5, 5.41) is 12.1. The maximum atomic E-state index is 14.4. The summed E-state index contributed by atoms with van der Waals surface area (Å²) in [7, 11) is 0. The largest absolute Gasteiger partial charge is 0.302 e. The van der Waals surface area contributed by atoms with E-state index in [2.05, 4.69) is 22.5 Å². The number of rotatable bonds is 3. The van der Waals surface area contributed by atoms with Crippen molar-refractivity contribution in [2.75, 3.05) is 6.54 Å². The highest BCUT2D eigenvalue weighted by Crippen LogP contribution is 2.36. The third-order valence-corrected chi connectivity index (χ3v) is 5.48. The van der Waals surface area contributed by atoms with Crippen molar-refractivity contribution in [1.82, 2.24) is 9.96 Å². The van der Waals surface area contributed by atoms with Crippen molar-refractivity contribution in [2.24, 2.45) is 0 Å². The Bertz CT molecular complexity index is 886. The first-order valence-corrected chi connectivity index (χ1v) is 8.68. The van der Waals surface area contributed by atoms with Crippen molar-refractivity contribution in [3.63, 3.8) is 0 Å². The number of benzene rings is 1. The number of nitrogens with zero attached hydrogens (tertiary/aromatic N) is 2. The van der Waals surface area contributed by atoms with Crippen LogP contribution in [-0.2, 0) is 4.79 Å². The Hall–Kier alpha value is -2.10. The fraction of sp³-hybridized carbons (Fsp3) is 0.125. The van der Waals surface area contributed by atoms with Crippen molar-refractivity contribution in [2.45, 2.75) is 6.17 Å². The lowest BCUT2D eigenvalue weighted by Gasteiger charge is -2.25. The second kappa shape index (κ2) is 6.66. The molecule has 1 fully saturated rings. The van der Waals surface area contributed by atoms with Gasteiger partial charge in [0.1, 0.15) is 23.7 Å². The topological polar surface area (TPSA) is 60.9 Å². The molecule has 1 N–H and O–H groups in total. The average Bonchev–Trinajstić information content (AvgIpc) is 3.11. The fourth-order valence-electron chi connectivity index (χ4n) is 2.56. The Balaban J connectivity index is 2.07. The van der Waals surface area contributed by atoms with Gasteiger partial charge in [0.25, 0.3) is 11.8 Å². The number of carbonyl (C=O) groups excluding carboxylic acids is 2. The first-order valence-electron chi connectivity index (χ1n) is 7.01. The minimum Gasteiger partial charge on any atom is -0.302 e. The van der Waals surface area contributed by atoms with Gasteiger partial charge in [-0.2, -0.15) is 5.06 Å². The van der Waals surface area contributed by atoms with Crippen molar-refractivity contribution in [3.8, 4) is 0 Å². The molecular formula is C16H11BrF2N2O3S. The van der Waals surface area contributed by atoms with Gasteiger partial charge in [0.2, 0.25) is 0 Å². The average molecular weight is 429 g/mol. The number of hydrogen-bond acceptors (Lipinski definition) is 4. The quantitative estimate of drug-likeness (QED) is 0.756. The van der Waals surface area contributed by atoms with E-state index in [9.17, 15) is 23.6 Å². The summed E-state index contributed by atoms with van der Waals surface area (Å²) in [4.78, 5) is 26.0. The molecule has 0 radical (unpaired) electrons. The van der Waals surface area contributed by atoms with E-state index < -0.39 is 41.7 Å². The number of hydroxylamine groups is 2. The number of carbonyl (C=O) groups is 2. The standard InChI is InChI=1S/C16H11BrF2N2O3S/c1-2-8-3-4-10(18)13(14(8)19)16(23)20-6-12(22)21(24)15(20)11-5-9(17)7-25-11/h2-5,7,15,24H,1,6H2. The Morgan fingerprint density at radius 3 is 2.76 bits per heavy atom. The molecule has 1 aliphatic heterocycles. The Morgan fingerprint density at radius 1 is 1.44 bits per heavy atom. The molecule has 3 rings (SSSR count). The van der Waals surface area contributed by atoms with Crippen LogP contribution in [0.25, 0.3) is 6.08 Å². The van der Waals surface area contributed by atoms with Gasteiger partial charge in [0, 0.05) is 15.4 Å². The van der Waals surface area contributed by atoms with E-state index in [1.54, 1.807) is 11.4 Å². The molecular weight excluding hydrogens is 418 g/mol. The summed E-state index contributed by atoms with van der Waals surface area (Å²) in [5.74, 6) is -3.89. The SMILES string of the molecule is C=Cc1ccc(F)c(C(=O)N2CC(=O)N(O)C2c2cc(Br)cs2)c1F. The predicted molar refractivity (Wildman–Crippen MR) is 90.9 cm³/mol. The molecule has 0 saturated carbocycles. The Kier molecular flexibility index (Phi) is 4.72. The molecule has 0 bridgehead atoms. The lowest BCUT2D eigenvalue weighted by atomic mass is 10.1. The number of hydrogen-bond donors (Lipinski definition) is 1. The molecule has 1 aromatic heterocycles. The number of amides is 2. The third-order valence-electron chi connectivity index (χ3n) is 3.75. The maximum Gasteiger partial charge on any atom is 0.268 e. The van der Waals surface area contributed by atoms with E-state index in [0.717, 1.165) is 23.1 Å². The molecule has 2 aromatic rings. The molecule has 1 saturated heterocycles. The summed E-state index contributed by atoms with van der Waals surface area (Å²) in [6.45, 7) is 2.92. The van der Waals surface area contributed by atoms with E-state index in [4.69, 9.17) is 0 Å². The van der Waals surface area contributed by atoms with Crippen LogP contribution in [0.15, 0.2) is 34.6 Å². The van der Waals surface area contributed by atoms with E-state index >= 15 is 0 Å². The van der Waals surface area contributed by atoms with Crippen LogP contribution in [0.5, 0.6) is 0 Å². The van der Waals surface area contributed by atoms with E-state index in [1.165, 1.54) is 11.3 Å². The summed E-state index contributed by atoms with van der Waals surface area (Å²) in [5.41, 5.74) is -0.826. The lowest BCUT2D eigenvalue weighted by Crippen LogP contribution is -2.35. The van der Waals surface area contributed by atoms with Gasteiger partial charge in [-0.25, -0.2) is 8.78 Å². The Morgan fingerprint density at radius 2 is 2.16 bits per heavy atom. The first-order chi connectivity index (χ1) is 11.8. The summed E-state index contributed by atoms with van der Waals surface area (Å²) in [6.07, 6.45) is 0.00915. The van der Waals surface area contributed by atoms with E-state index in [0.29, 0.717) is 14.4 Å². The van der Waals surface area contributed by atoms with Gasteiger partial charge in [-0.15, -0.1) is 11.3 Å². The van der Waals surface area contributed by atoms with Crippen molar-refractivity contribution >= 4 is 45.2 Å². The number of thiophene rings is 1. The molecule has 0 spiro atoms. The molecule has 1 aromatic carbocycles. The van der Waals surface area contributed by atoms with Gasteiger partial charge in [-0.05, 0) is 34.1 Å². The van der Waals surface area contributed by atoms with E-state index in [1.807, 2.05) is 0 Å². The van der Waals surface area contributed by atoms with E-state index in [-0.39, 0.29) is 5.56 Å². The normalized spacial score (nSPS) is 17.3. The van der Waals surface area contributed by atoms with Gasteiger partial charge in [-0.3, -0.25) is 14.8 Å². The van der Waals surface area contributed by atoms with Crippen LogP contribution in [0.3, 0.4) is 0 Å². The fourth-order valence-corrected chi connectivity index (χ4v) is 4.10. The van der Waals surface area contributed by atoms with Gasteiger partial charge in [0.05, 0.1) is 4.88 Å². The molecule has 1 aliphatic rings. The smallest absolute Gasteiger partial charge is 0.268 e. The van der Waals surface area contributed by atoms with Gasteiger partial charge in [0.15, 0.2) is 6.17 Å². The summed E-state index contributed by atoms with van der Waals surface area (Å²) < 4.78 is 29.2. The zero-order chi connectivity index (χ0) is 18.3. The minimum atomic E-state index is -1.15. The van der Waals surface area contributed by atoms with Crippen LogP contribution in [0.4, 0.5) is 8.78 Å². The Labute approximate surface area is 153 Å². The highest BCUT2D eigenvalue weighted by molar-refractivity contribution is 9.10. The van der Waals surface area contributed by atoms with Crippen molar-refractivity contribution in [1.29, 1.82) is 0 Å². The molecule has 25 heavy (non-hydrogen) atoms. The second-order valence-corrected chi connectivity index (χ2v) is 7.10. The van der Waals surface area contributed by atoms with Crippen LogP contribution in [0.2, 0.25) is 0 Å². The molecule has 2 heterocycles. The summed E-state index contributed by atoms with van der Waals surface area (Å²) in [6, 6.07) is 3.73. The van der Waals surface area contributed by atoms with Crippen LogP contribution in [0.1, 0.15) is 27.0 Å².